The van der Waals surface area contributed by atoms with Crippen LogP contribution in [0.1, 0.15) is 31.2 Å². The molecule has 0 spiro atoms. The number of carbonyl (C=O) groups excluding carboxylic acids is 1. The van der Waals surface area contributed by atoms with E-state index in [2.05, 4.69) is 15.2 Å². The van der Waals surface area contributed by atoms with Gasteiger partial charge in [-0.05, 0) is 49.1 Å². The molecule has 0 saturated carbocycles. The van der Waals surface area contributed by atoms with Gasteiger partial charge < -0.3 is 15.0 Å². The van der Waals surface area contributed by atoms with Gasteiger partial charge in [-0.3, -0.25) is 4.79 Å². The van der Waals surface area contributed by atoms with Crippen molar-refractivity contribution in [2.45, 2.75) is 32.2 Å². The summed E-state index contributed by atoms with van der Waals surface area (Å²) in [6.45, 7) is 3.05. The number of benzene rings is 1. The monoisotopic (exact) mass is 407 g/mol. The molecule has 1 aliphatic rings. The fourth-order valence-corrected chi connectivity index (χ4v) is 3.41. The number of anilines is 1. The van der Waals surface area contributed by atoms with E-state index in [1.807, 2.05) is 18.3 Å². The van der Waals surface area contributed by atoms with Crippen molar-refractivity contribution in [1.82, 2.24) is 10.3 Å². The Morgan fingerprint density at radius 3 is 2.70 bits per heavy atom. The topological polar surface area (TPSA) is 54.5 Å². The van der Waals surface area contributed by atoms with Crippen molar-refractivity contribution < 1.29 is 9.53 Å². The van der Waals surface area contributed by atoms with Crippen LogP contribution in [0.25, 0.3) is 0 Å². The molecule has 0 atom stereocenters. The number of aromatic nitrogens is 1. The lowest BCUT2D eigenvalue weighted by atomic mass is 10.2. The Hall–Kier alpha value is -1.98. The standard InChI is InChI=1S/C20H23Cl2N3O2/c21-16-6-7-18(17(22)12-16)27-11-3-4-20(26)24-14-15-5-8-19(23-13-15)25-9-1-2-10-25/h5-8,12-13H,1-4,9-11,14H2,(H,24,26). The first kappa shape index (κ1) is 19.8. The van der Waals surface area contributed by atoms with Crippen molar-refractivity contribution >= 4 is 34.9 Å². The number of hydrogen-bond donors (Lipinski definition) is 1. The van der Waals surface area contributed by atoms with Crippen molar-refractivity contribution in [2.75, 3.05) is 24.6 Å². The Labute approximate surface area is 169 Å². The third kappa shape index (κ3) is 6.01. The van der Waals surface area contributed by atoms with Crippen molar-refractivity contribution in [3.8, 4) is 5.75 Å². The molecular formula is C20H23Cl2N3O2. The molecule has 7 heteroatoms. The number of hydrogen-bond acceptors (Lipinski definition) is 4. The van der Waals surface area contributed by atoms with Crippen LogP contribution >= 0.6 is 23.2 Å². The van der Waals surface area contributed by atoms with Gasteiger partial charge in [-0.1, -0.05) is 29.3 Å². The average molecular weight is 408 g/mol. The van der Waals surface area contributed by atoms with Crippen LogP contribution in [-0.4, -0.2) is 30.6 Å². The highest BCUT2D eigenvalue weighted by Crippen LogP contribution is 2.27. The number of ether oxygens (including phenoxy) is 1. The molecule has 1 aromatic carbocycles. The second-order valence-electron chi connectivity index (χ2n) is 6.52. The summed E-state index contributed by atoms with van der Waals surface area (Å²) in [5.41, 5.74) is 0.996. The number of rotatable bonds is 8. The van der Waals surface area contributed by atoms with Crippen LogP contribution < -0.4 is 15.0 Å². The minimum Gasteiger partial charge on any atom is -0.492 e. The van der Waals surface area contributed by atoms with Gasteiger partial charge in [0.05, 0.1) is 11.6 Å². The Morgan fingerprint density at radius 2 is 2.00 bits per heavy atom. The number of nitrogens with zero attached hydrogens (tertiary/aromatic N) is 2. The summed E-state index contributed by atoms with van der Waals surface area (Å²) in [6.07, 6.45) is 5.29. The van der Waals surface area contributed by atoms with Gasteiger partial charge >= 0.3 is 0 Å². The highest BCUT2D eigenvalue weighted by atomic mass is 35.5. The first-order valence-electron chi connectivity index (χ1n) is 9.16. The predicted molar refractivity (Wildman–Crippen MR) is 109 cm³/mol. The fourth-order valence-electron chi connectivity index (χ4n) is 2.95. The number of halogens is 2. The van der Waals surface area contributed by atoms with E-state index in [-0.39, 0.29) is 5.91 Å². The molecule has 0 radical (unpaired) electrons. The second-order valence-corrected chi connectivity index (χ2v) is 7.37. The van der Waals surface area contributed by atoms with Gasteiger partial charge in [-0.2, -0.15) is 0 Å². The van der Waals surface area contributed by atoms with E-state index in [9.17, 15) is 4.79 Å². The molecule has 3 rings (SSSR count). The van der Waals surface area contributed by atoms with E-state index in [0.717, 1.165) is 24.5 Å². The molecule has 1 aromatic heterocycles. The molecule has 27 heavy (non-hydrogen) atoms. The number of amides is 1. The Bertz CT molecular complexity index is 762. The van der Waals surface area contributed by atoms with Gasteiger partial charge in [-0.15, -0.1) is 0 Å². The summed E-state index contributed by atoms with van der Waals surface area (Å²) >= 11 is 11.9. The number of nitrogens with one attached hydrogen (secondary N) is 1. The van der Waals surface area contributed by atoms with Crippen LogP contribution in [0.15, 0.2) is 36.5 Å². The summed E-state index contributed by atoms with van der Waals surface area (Å²) in [6, 6.07) is 9.12. The minimum atomic E-state index is -0.00979. The average Bonchev–Trinajstić information content (AvgIpc) is 3.20. The summed E-state index contributed by atoms with van der Waals surface area (Å²) in [4.78, 5) is 18.8. The summed E-state index contributed by atoms with van der Waals surface area (Å²) in [7, 11) is 0. The number of carbonyl (C=O) groups is 1. The normalized spacial score (nSPS) is 13.6. The Balaban J connectivity index is 1.34. The zero-order valence-corrected chi connectivity index (χ0v) is 16.6. The van der Waals surface area contributed by atoms with Gasteiger partial charge in [0.2, 0.25) is 5.91 Å². The fraction of sp³-hybridized carbons (Fsp3) is 0.400. The Kier molecular flexibility index (Phi) is 7.18. The van der Waals surface area contributed by atoms with Crippen molar-refractivity contribution in [2.24, 2.45) is 0 Å². The lowest BCUT2D eigenvalue weighted by Crippen LogP contribution is -2.23. The molecule has 0 aliphatic carbocycles. The van der Waals surface area contributed by atoms with Crippen LogP contribution in [0.5, 0.6) is 5.75 Å². The summed E-state index contributed by atoms with van der Waals surface area (Å²) < 4.78 is 5.58. The smallest absolute Gasteiger partial charge is 0.220 e. The van der Waals surface area contributed by atoms with Gasteiger partial charge in [-0.25, -0.2) is 4.98 Å². The van der Waals surface area contributed by atoms with Crippen molar-refractivity contribution in [3.05, 3.63) is 52.1 Å². The van der Waals surface area contributed by atoms with E-state index >= 15 is 0 Å². The van der Waals surface area contributed by atoms with Crippen molar-refractivity contribution in [3.63, 3.8) is 0 Å². The maximum absolute atomic E-state index is 12.0. The maximum Gasteiger partial charge on any atom is 0.220 e. The van der Waals surface area contributed by atoms with Gasteiger partial charge in [0, 0.05) is 37.3 Å². The third-order valence-corrected chi connectivity index (χ3v) is 4.96. The SMILES string of the molecule is O=C(CCCOc1ccc(Cl)cc1Cl)NCc1ccc(N2CCCC2)nc1. The number of pyridine rings is 1. The molecule has 144 valence electrons. The molecule has 1 saturated heterocycles. The van der Waals surface area contributed by atoms with E-state index in [0.29, 0.717) is 41.8 Å². The largest absolute Gasteiger partial charge is 0.492 e. The molecule has 1 N–H and O–H groups in total. The van der Waals surface area contributed by atoms with Gasteiger partial charge in [0.15, 0.2) is 0 Å². The van der Waals surface area contributed by atoms with Crippen LogP contribution in [0.2, 0.25) is 10.0 Å². The van der Waals surface area contributed by atoms with Gasteiger partial charge in [0.25, 0.3) is 0 Å². The van der Waals surface area contributed by atoms with E-state index in [4.69, 9.17) is 27.9 Å². The quantitative estimate of drug-likeness (QED) is 0.656. The van der Waals surface area contributed by atoms with Crippen molar-refractivity contribution in [1.29, 1.82) is 0 Å². The first-order chi connectivity index (χ1) is 13.1. The highest BCUT2D eigenvalue weighted by molar-refractivity contribution is 6.35. The third-order valence-electron chi connectivity index (χ3n) is 4.43. The lowest BCUT2D eigenvalue weighted by Gasteiger charge is -2.16. The van der Waals surface area contributed by atoms with E-state index in [1.54, 1.807) is 18.2 Å². The molecule has 0 bridgehead atoms. The maximum atomic E-state index is 12.0. The molecule has 5 nitrogen and oxygen atoms in total. The minimum absolute atomic E-state index is 0.00979. The molecule has 0 unspecified atom stereocenters. The zero-order chi connectivity index (χ0) is 19.1. The van der Waals surface area contributed by atoms with Crippen LogP contribution in [0.4, 0.5) is 5.82 Å². The van der Waals surface area contributed by atoms with Crippen LogP contribution in [0.3, 0.4) is 0 Å². The molecule has 1 fully saturated rings. The van der Waals surface area contributed by atoms with Crippen LogP contribution in [0, 0.1) is 0 Å². The highest BCUT2D eigenvalue weighted by Gasteiger charge is 2.13. The van der Waals surface area contributed by atoms with E-state index < -0.39 is 0 Å². The molecule has 2 heterocycles. The van der Waals surface area contributed by atoms with E-state index in [1.165, 1.54) is 12.8 Å². The Morgan fingerprint density at radius 1 is 1.19 bits per heavy atom. The summed E-state index contributed by atoms with van der Waals surface area (Å²) in [5, 5.41) is 3.95. The molecule has 1 aliphatic heterocycles. The van der Waals surface area contributed by atoms with Gasteiger partial charge in [0.1, 0.15) is 11.6 Å². The molecule has 1 amide bonds. The second kappa shape index (κ2) is 9.81. The molecular weight excluding hydrogens is 385 g/mol. The molecule has 2 aromatic rings. The first-order valence-corrected chi connectivity index (χ1v) is 9.92. The zero-order valence-electron chi connectivity index (χ0n) is 15.1. The lowest BCUT2D eigenvalue weighted by molar-refractivity contribution is -0.121. The predicted octanol–water partition coefficient (Wildman–Crippen LogP) is 4.46. The summed E-state index contributed by atoms with van der Waals surface area (Å²) in [5.74, 6) is 1.58. The van der Waals surface area contributed by atoms with Crippen LogP contribution in [-0.2, 0) is 11.3 Å².